The topological polar surface area (TPSA) is 41.1 Å². The Bertz CT molecular complexity index is 372. The first-order valence-electron chi connectivity index (χ1n) is 4.24. The van der Waals surface area contributed by atoms with E-state index in [1.165, 1.54) is 0 Å². The van der Waals surface area contributed by atoms with Crippen molar-refractivity contribution >= 4 is 29.1 Å². The first-order valence-corrected chi connectivity index (χ1v) is 5.00. The van der Waals surface area contributed by atoms with Crippen LogP contribution < -0.4 is 10.6 Å². The van der Waals surface area contributed by atoms with Crippen LogP contribution in [0.25, 0.3) is 0 Å². The molecule has 3 nitrogen and oxygen atoms in total. The molecule has 1 aromatic rings. The Morgan fingerprint density at radius 2 is 1.80 bits per heavy atom. The highest BCUT2D eigenvalue weighted by molar-refractivity contribution is 6.56. The highest BCUT2D eigenvalue weighted by Gasteiger charge is 2.08. The van der Waals surface area contributed by atoms with E-state index in [0.717, 1.165) is 0 Å². The Kier molecular flexibility index (Phi) is 4.46. The first-order chi connectivity index (χ1) is 7.15. The number of hydrogen-bond acceptors (Lipinski definition) is 2. The van der Waals surface area contributed by atoms with E-state index < -0.39 is 0 Å². The molecule has 1 amide bonds. The number of nitrogens with one attached hydrogen (secondary N) is 2. The molecule has 5 heteroatoms. The SMILES string of the molecule is CNC(NC(=O)c1ccccc1)=C(Cl)Cl. The van der Waals surface area contributed by atoms with Gasteiger partial charge in [-0.1, -0.05) is 41.4 Å². The van der Waals surface area contributed by atoms with Gasteiger partial charge in [0.05, 0.1) is 0 Å². The molecule has 0 spiro atoms. The van der Waals surface area contributed by atoms with Crippen LogP contribution in [0.3, 0.4) is 0 Å². The predicted octanol–water partition coefficient (Wildman–Crippen LogP) is 2.24. The van der Waals surface area contributed by atoms with Crippen molar-refractivity contribution in [2.75, 3.05) is 7.05 Å². The van der Waals surface area contributed by atoms with Gasteiger partial charge in [-0.2, -0.15) is 0 Å². The largest absolute Gasteiger partial charge is 0.373 e. The second kappa shape index (κ2) is 5.63. The molecule has 0 atom stereocenters. The molecule has 0 fully saturated rings. The molecular formula is C10H10Cl2N2O. The van der Waals surface area contributed by atoms with Gasteiger partial charge in [-0.25, -0.2) is 0 Å². The number of amides is 1. The average molecular weight is 245 g/mol. The summed E-state index contributed by atoms with van der Waals surface area (Å²) in [6.07, 6.45) is 0. The lowest BCUT2D eigenvalue weighted by Crippen LogP contribution is -2.29. The summed E-state index contributed by atoms with van der Waals surface area (Å²) in [4.78, 5) is 11.6. The number of carbonyl (C=O) groups excluding carboxylic acids is 1. The molecule has 1 aromatic carbocycles. The van der Waals surface area contributed by atoms with Gasteiger partial charge in [0.25, 0.3) is 5.91 Å². The van der Waals surface area contributed by atoms with Crippen molar-refractivity contribution in [3.8, 4) is 0 Å². The third kappa shape index (κ3) is 3.46. The van der Waals surface area contributed by atoms with E-state index in [4.69, 9.17) is 23.2 Å². The number of hydrogen-bond donors (Lipinski definition) is 2. The molecule has 0 aliphatic heterocycles. The number of halogens is 2. The Morgan fingerprint density at radius 1 is 1.20 bits per heavy atom. The Hall–Kier alpha value is -1.19. The van der Waals surface area contributed by atoms with Crippen molar-refractivity contribution in [2.45, 2.75) is 0 Å². The van der Waals surface area contributed by atoms with Crippen LogP contribution in [-0.4, -0.2) is 13.0 Å². The summed E-state index contributed by atoms with van der Waals surface area (Å²) in [5.41, 5.74) is 0.542. The number of carbonyl (C=O) groups is 1. The average Bonchev–Trinajstić information content (AvgIpc) is 2.26. The Balaban J connectivity index is 2.77. The van der Waals surface area contributed by atoms with Gasteiger partial charge in [-0.3, -0.25) is 4.79 Å². The molecule has 0 aliphatic rings. The summed E-state index contributed by atoms with van der Waals surface area (Å²) in [5.74, 6) is 0.0194. The Labute approximate surface area is 98.1 Å². The molecule has 0 unspecified atom stereocenters. The predicted molar refractivity (Wildman–Crippen MR) is 61.7 cm³/mol. The minimum absolute atomic E-state index is 0.0122. The van der Waals surface area contributed by atoms with E-state index in [1.807, 2.05) is 6.07 Å². The summed E-state index contributed by atoms with van der Waals surface area (Å²) in [6, 6.07) is 8.79. The third-order valence-corrected chi connectivity index (χ3v) is 2.09. The molecule has 80 valence electrons. The van der Waals surface area contributed by atoms with Crippen LogP contribution in [-0.2, 0) is 0 Å². The molecule has 15 heavy (non-hydrogen) atoms. The molecule has 1 rings (SSSR count). The molecule has 0 aromatic heterocycles. The molecular weight excluding hydrogens is 235 g/mol. The van der Waals surface area contributed by atoms with Gasteiger partial charge in [0.15, 0.2) is 0 Å². The minimum Gasteiger partial charge on any atom is -0.373 e. The fourth-order valence-corrected chi connectivity index (χ4v) is 1.26. The van der Waals surface area contributed by atoms with Crippen LogP contribution in [0.5, 0.6) is 0 Å². The van der Waals surface area contributed by atoms with Gasteiger partial charge in [0.2, 0.25) is 0 Å². The fourth-order valence-electron chi connectivity index (χ4n) is 0.979. The lowest BCUT2D eigenvalue weighted by molar-refractivity contribution is 0.0963. The number of rotatable bonds is 3. The van der Waals surface area contributed by atoms with Crippen molar-refractivity contribution in [1.29, 1.82) is 0 Å². The quantitative estimate of drug-likeness (QED) is 0.857. The van der Waals surface area contributed by atoms with Crippen molar-refractivity contribution in [3.63, 3.8) is 0 Å². The maximum atomic E-state index is 11.6. The van der Waals surface area contributed by atoms with E-state index in [2.05, 4.69) is 10.6 Å². The molecule has 0 saturated carbocycles. The zero-order chi connectivity index (χ0) is 11.3. The summed E-state index contributed by atoms with van der Waals surface area (Å²) in [5, 5.41) is 5.23. The lowest BCUT2D eigenvalue weighted by Gasteiger charge is -2.08. The van der Waals surface area contributed by atoms with E-state index in [-0.39, 0.29) is 16.2 Å². The standard InChI is InChI=1S/C10H10Cl2N2O/c1-13-9(8(11)12)14-10(15)7-5-3-2-4-6-7/h2-6,13H,1H3,(H,14,15). The van der Waals surface area contributed by atoms with Gasteiger partial charge >= 0.3 is 0 Å². The van der Waals surface area contributed by atoms with Crippen LogP contribution >= 0.6 is 23.2 Å². The molecule has 0 saturated heterocycles. The van der Waals surface area contributed by atoms with Crippen molar-refractivity contribution < 1.29 is 4.79 Å². The van der Waals surface area contributed by atoms with Gasteiger partial charge in [-0.15, -0.1) is 0 Å². The Morgan fingerprint density at radius 3 is 2.27 bits per heavy atom. The fraction of sp³-hybridized carbons (Fsp3) is 0.100. The van der Waals surface area contributed by atoms with E-state index in [9.17, 15) is 4.79 Å². The van der Waals surface area contributed by atoms with Crippen molar-refractivity contribution in [3.05, 3.63) is 46.2 Å². The number of benzene rings is 1. The van der Waals surface area contributed by atoms with E-state index >= 15 is 0 Å². The molecule has 0 heterocycles. The van der Waals surface area contributed by atoms with E-state index in [0.29, 0.717) is 5.56 Å². The van der Waals surface area contributed by atoms with Crippen LogP contribution in [0.1, 0.15) is 10.4 Å². The first kappa shape index (κ1) is 11.9. The van der Waals surface area contributed by atoms with Gasteiger partial charge in [0, 0.05) is 12.6 Å². The minimum atomic E-state index is -0.265. The molecule has 0 aliphatic carbocycles. The summed E-state index contributed by atoms with van der Waals surface area (Å²) in [6.45, 7) is 0. The summed E-state index contributed by atoms with van der Waals surface area (Å²) < 4.78 is -0.0122. The van der Waals surface area contributed by atoms with E-state index in [1.54, 1.807) is 31.3 Å². The monoisotopic (exact) mass is 244 g/mol. The normalized spacial score (nSPS) is 9.27. The molecule has 0 bridgehead atoms. The van der Waals surface area contributed by atoms with Gasteiger partial charge < -0.3 is 10.6 Å². The highest BCUT2D eigenvalue weighted by Crippen LogP contribution is 2.10. The van der Waals surface area contributed by atoms with Gasteiger partial charge in [0.1, 0.15) is 10.3 Å². The molecule has 0 radical (unpaired) electrons. The van der Waals surface area contributed by atoms with Crippen LogP contribution in [0, 0.1) is 0 Å². The zero-order valence-electron chi connectivity index (χ0n) is 8.05. The van der Waals surface area contributed by atoms with Crippen LogP contribution in [0.15, 0.2) is 40.6 Å². The lowest BCUT2D eigenvalue weighted by atomic mass is 10.2. The second-order valence-corrected chi connectivity index (χ2v) is 3.65. The van der Waals surface area contributed by atoms with Crippen LogP contribution in [0.2, 0.25) is 0 Å². The third-order valence-electron chi connectivity index (χ3n) is 1.71. The maximum Gasteiger partial charge on any atom is 0.256 e. The smallest absolute Gasteiger partial charge is 0.256 e. The maximum absolute atomic E-state index is 11.6. The van der Waals surface area contributed by atoms with Crippen LogP contribution in [0.4, 0.5) is 0 Å². The van der Waals surface area contributed by atoms with Gasteiger partial charge in [-0.05, 0) is 12.1 Å². The summed E-state index contributed by atoms with van der Waals surface area (Å²) >= 11 is 11.1. The zero-order valence-corrected chi connectivity index (χ0v) is 9.56. The summed E-state index contributed by atoms with van der Waals surface area (Å²) in [7, 11) is 1.62. The second-order valence-electron chi connectivity index (χ2n) is 2.71. The van der Waals surface area contributed by atoms with Crippen molar-refractivity contribution in [1.82, 2.24) is 10.6 Å². The highest BCUT2D eigenvalue weighted by atomic mass is 35.5. The van der Waals surface area contributed by atoms with Crippen molar-refractivity contribution in [2.24, 2.45) is 0 Å². The molecule has 2 N–H and O–H groups in total.